The maximum absolute atomic E-state index is 6.32. The largest absolute Gasteiger partial charge is 0.487 e. The third kappa shape index (κ3) is 2.25. The summed E-state index contributed by atoms with van der Waals surface area (Å²) >= 11 is 6.10. The van der Waals surface area contributed by atoms with Crippen LogP contribution in [0.4, 0.5) is 0 Å². The van der Waals surface area contributed by atoms with E-state index in [2.05, 4.69) is 19.2 Å². The number of hydrogen-bond acceptors (Lipinski definition) is 2. The molecule has 1 saturated carbocycles. The molecule has 0 aromatic heterocycles. The molecule has 1 aromatic carbocycles. The highest BCUT2D eigenvalue weighted by Crippen LogP contribution is 2.53. The molecule has 2 nitrogen and oxygen atoms in total. The molecular weight excluding hydrogens is 258 g/mol. The van der Waals surface area contributed by atoms with E-state index in [1.54, 1.807) is 0 Å². The Morgan fingerprint density at radius 1 is 1.32 bits per heavy atom. The summed E-state index contributed by atoms with van der Waals surface area (Å²) in [5.41, 5.74) is 1.26. The zero-order chi connectivity index (χ0) is 13.6. The van der Waals surface area contributed by atoms with Gasteiger partial charge in [-0.3, -0.25) is 0 Å². The molecule has 1 N–H and O–H groups in total. The predicted octanol–water partition coefficient (Wildman–Crippen LogP) is 4.19. The first kappa shape index (κ1) is 13.3. The van der Waals surface area contributed by atoms with E-state index in [9.17, 15) is 0 Å². The first-order valence-electron chi connectivity index (χ1n) is 7.19. The highest BCUT2D eigenvalue weighted by molar-refractivity contribution is 6.30. The van der Waals surface area contributed by atoms with Gasteiger partial charge in [-0.05, 0) is 49.9 Å². The maximum atomic E-state index is 6.32. The topological polar surface area (TPSA) is 21.3 Å². The molecule has 2 aliphatic rings. The molecule has 1 unspecified atom stereocenters. The van der Waals surface area contributed by atoms with Gasteiger partial charge in [0.1, 0.15) is 11.4 Å². The number of halogens is 1. The third-order valence-electron chi connectivity index (χ3n) is 4.81. The summed E-state index contributed by atoms with van der Waals surface area (Å²) in [6.45, 7) is 4.62. The second-order valence-electron chi connectivity index (χ2n) is 6.42. The van der Waals surface area contributed by atoms with E-state index in [1.165, 1.54) is 18.4 Å². The van der Waals surface area contributed by atoms with Crippen LogP contribution in [-0.2, 0) is 0 Å². The van der Waals surface area contributed by atoms with E-state index in [0.29, 0.717) is 6.04 Å². The minimum absolute atomic E-state index is 0.0590. The Kier molecular flexibility index (Phi) is 3.26. The molecule has 0 saturated heterocycles. The summed E-state index contributed by atoms with van der Waals surface area (Å²) in [6.07, 6.45) is 3.43. The van der Waals surface area contributed by atoms with Crippen LogP contribution in [-0.4, -0.2) is 12.6 Å². The fourth-order valence-corrected chi connectivity index (χ4v) is 3.70. The van der Waals surface area contributed by atoms with Gasteiger partial charge in [-0.2, -0.15) is 0 Å². The number of ether oxygens (including phenoxy) is 1. The van der Waals surface area contributed by atoms with Gasteiger partial charge in [0.2, 0.25) is 0 Å². The van der Waals surface area contributed by atoms with Crippen molar-refractivity contribution in [2.75, 3.05) is 7.05 Å². The van der Waals surface area contributed by atoms with E-state index in [4.69, 9.17) is 16.3 Å². The lowest BCUT2D eigenvalue weighted by Gasteiger charge is -2.53. The Labute approximate surface area is 120 Å². The van der Waals surface area contributed by atoms with Crippen molar-refractivity contribution in [2.45, 2.75) is 44.8 Å². The lowest BCUT2D eigenvalue weighted by molar-refractivity contribution is -0.0868. The van der Waals surface area contributed by atoms with Crippen molar-refractivity contribution in [3.63, 3.8) is 0 Å². The molecule has 0 radical (unpaired) electrons. The number of nitrogens with one attached hydrogen (secondary N) is 1. The first-order valence-corrected chi connectivity index (χ1v) is 7.56. The van der Waals surface area contributed by atoms with E-state index < -0.39 is 0 Å². The fourth-order valence-electron chi connectivity index (χ4n) is 3.52. The summed E-state index contributed by atoms with van der Waals surface area (Å²) < 4.78 is 6.32. The minimum atomic E-state index is 0.0590. The van der Waals surface area contributed by atoms with Crippen molar-refractivity contribution >= 4 is 11.6 Å². The van der Waals surface area contributed by atoms with Crippen LogP contribution in [0.5, 0.6) is 5.75 Å². The molecule has 0 bridgehead atoms. The molecule has 1 atom stereocenters. The van der Waals surface area contributed by atoms with E-state index in [-0.39, 0.29) is 5.60 Å². The number of benzene rings is 1. The Morgan fingerprint density at radius 2 is 2.05 bits per heavy atom. The van der Waals surface area contributed by atoms with Gasteiger partial charge in [0.05, 0.1) is 0 Å². The number of hydrogen-bond donors (Lipinski definition) is 1. The van der Waals surface area contributed by atoms with Crippen LogP contribution >= 0.6 is 11.6 Å². The lowest BCUT2D eigenvalue weighted by atomic mass is 9.62. The van der Waals surface area contributed by atoms with Crippen molar-refractivity contribution in [2.24, 2.45) is 11.8 Å². The number of rotatable bonds is 2. The molecule has 1 aliphatic carbocycles. The zero-order valence-corrected chi connectivity index (χ0v) is 12.6. The Hall–Kier alpha value is -0.730. The van der Waals surface area contributed by atoms with Gasteiger partial charge >= 0.3 is 0 Å². The molecule has 1 aromatic rings. The van der Waals surface area contributed by atoms with Crippen molar-refractivity contribution in [3.05, 3.63) is 28.8 Å². The van der Waals surface area contributed by atoms with Gasteiger partial charge in [0, 0.05) is 23.0 Å². The van der Waals surface area contributed by atoms with Gasteiger partial charge < -0.3 is 10.1 Å². The molecule has 1 spiro atoms. The van der Waals surface area contributed by atoms with Gasteiger partial charge in [0.15, 0.2) is 0 Å². The summed E-state index contributed by atoms with van der Waals surface area (Å²) in [5.74, 6) is 2.58. The molecule has 19 heavy (non-hydrogen) atoms. The second-order valence-corrected chi connectivity index (χ2v) is 6.86. The highest BCUT2D eigenvalue weighted by Gasteiger charge is 2.51. The lowest BCUT2D eigenvalue weighted by Crippen LogP contribution is -2.54. The molecule has 1 aliphatic heterocycles. The van der Waals surface area contributed by atoms with Crippen LogP contribution < -0.4 is 10.1 Å². The monoisotopic (exact) mass is 279 g/mol. The number of fused-ring (bicyclic) bond motifs is 1. The molecule has 3 heteroatoms. The van der Waals surface area contributed by atoms with Crippen molar-refractivity contribution in [1.82, 2.24) is 5.32 Å². The van der Waals surface area contributed by atoms with Gasteiger partial charge in [-0.25, -0.2) is 0 Å². The normalized spacial score (nSPS) is 32.9. The third-order valence-corrected chi connectivity index (χ3v) is 5.04. The van der Waals surface area contributed by atoms with Crippen molar-refractivity contribution in [1.29, 1.82) is 0 Å². The van der Waals surface area contributed by atoms with Crippen molar-refractivity contribution in [3.8, 4) is 5.75 Å². The van der Waals surface area contributed by atoms with Crippen LogP contribution in [0.25, 0.3) is 0 Å². The maximum Gasteiger partial charge on any atom is 0.125 e. The first-order chi connectivity index (χ1) is 9.03. The average molecular weight is 280 g/mol. The van der Waals surface area contributed by atoms with Gasteiger partial charge in [0.25, 0.3) is 0 Å². The van der Waals surface area contributed by atoms with Crippen LogP contribution in [0.3, 0.4) is 0 Å². The van der Waals surface area contributed by atoms with Crippen LogP contribution in [0.1, 0.15) is 44.7 Å². The Balaban J connectivity index is 1.85. The molecule has 3 rings (SSSR count). The van der Waals surface area contributed by atoms with Crippen LogP contribution in [0, 0.1) is 11.8 Å². The standard InChI is InChI=1S/C16H22ClNO/c1-10(2)11-7-16(8-11)9-14(18-3)13-6-12(17)4-5-15(13)19-16/h4-6,10-11,14,18H,7-9H2,1-3H3. The minimum Gasteiger partial charge on any atom is -0.487 e. The van der Waals surface area contributed by atoms with Gasteiger partial charge in [-0.1, -0.05) is 25.4 Å². The Morgan fingerprint density at radius 3 is 2.68 bits per heavy atom. The zero-order valence-electron chi connectivity index (χ0n) is 11.9. The van der Waals surface area contributed by atoms with E-state index >= 15 is 0 Å². The smallest absolute Gasteiger partial charge is 0.125 e. The van der Waals surface area contributed by atoms with E-state index in [1.807, 2.05) is 25.2 Å². The molecule has 0 amide bonds. The Bertz CT molecular complexity index is 480. The average Bonchev–Trinajstić information content (AvgIpc) is 2.34. The van der Waals surface area contributed by atoms with Gasteiger partial charge in [-0.15, -0.1) is 0 Å². The van der Waals surface area contributed by atoms with Crippen LogP contribution in [0.15, 0.2) is 18.2 Å². The summed E-state index contributed by atoms with van der Waals surface area (Å²) in [5, 5.41) is 4.20. The molecular formula is C16H22ClNO. The SMILES string of the molecule is CNC1CC2(CC(C(C)C)C2)Oc2ccc(Cl)cc21. The highest BCUT2D eigenvalue weighted by atomic mass is 35.5. The van der Waals surface area contributed by atoms with Crippen LogP contribution in [0.2, 0.25) is 5.02 Å². The summed E-state index contributed by atoms with van der Waals surface area (Å²) in [6, 6.07) is 6.33. The molecule has 1 heterocycles. The summed E-state index contributed by atoms with van der Waals surface area (Å²) in [7, 11) is 2.02. The second kappa shape index (κ2) is 4.68. The fraction of sp³-hybridized carbons (Fsp3) is 0.625. The van der Waals surface area contributed by atoms with E-state index in [0.717, 1.165) is 29.0 Å². The molecule has 1 fully saturated rings. The quantitative estimate of drug-likeness (QED) is 0.876. The summed E-state index contributed by atoms with van der Waals surface area (Å²) in [4.78, 5) is 0. The predicted molar refractivity (Wildman–Crippen MR) is 78.8 cm³/mol. The molecule has 104 valence electrons. The van der Waals surface area contributed by atoms with Crippen molar-refractivity contribution < 1.29 is 4.74 Å².